The standard InChI is InChI=1S/C10H11NOS/c1-8-2-4-9(5-3-8)10(6-12)13-7-11/h2-5,10,12H,6H2,1H3. The summed E-state index contributed by atoms with van der Waals surface area (Å²) in [6.45, 7) is 2.01. The molecule has 1 aromatic carbocycles. The van der Waals surface area contributed by atoms with Gasteiger partial charge < -0.3 is 5.11 Å². The van der Waals surface area contributed by atoms with Crippen LogP contribution in [0.2, 0.25) is 0 Å². The molecule has 0 aliphatic heterocycles. The third kappa shape index (κ3) is 2.76. The summed E-state index contributed by atoms with van der Waals surface area (Å²) in [5, 5.41) is 19.4. The molecule has 0 saturated carbocycles. The molecule has 1 rings (SSSR count). The number of aryl methyl sites for hydroxylation is 1. The highest BCUT2D eigenvalue weighted by Gasteiger charge is 2.09. The molecule has 1 unspecified atom stereocenters. The monoisotopic (exact) mass is 193 g/mol. The predicted octanol–water partition coefficient (Wildman–Crippen LogP) is 2.24. The van der Waals surface area contributed by atoms with Crippen LogP contribution in [0.3, 0.4) is 0 Å². The molecule has 0 spiro atoms. The van der Waals surface area contributed by atoms with Gasteiger partial charge in [0.1, 0.15) is 5.40 Å². The number of rotatable bonds is 3. The molecule has 0 bridgehead atoms. The first kappa shape index (κ1) is 10.1. The van der Waals surface area contributed by atoms with E-state index in [1.165, 1.54) is 5.56 Å². The Kier molecular flexibility index (Phi) is 3.81. The maximum absolute atomic E-state index is 9.01. The number of thioether (sulfide) groups is 1. The van der Waals surface area contributed by atoms with Crippen LogP contribution in [0.25, 0.3) is 0 Å². The van der Waals surface area contributed by atoms with E-state index in [0.29, 0.717) is 0 Å². The topological polar surface area (TPSA) is 44.0 Å². The first-order valence-corrected chi connectivity index (χ1v) is 4.88. The van der Waals surface area contributed by atoms with Crippen molar-refractivity contribution in [2.24, 2.45) is 0 Å². The Balaban J connectivity index is 2.80. The Morgan fingerprint density at radius 3 is 2.54 bits per heavy atom. The first-order valence-electron chi connectivity index (χ1n) is 4.00. The maximum atomic E-state index is 9.01. The van der Waals surface area contributed by atoms with E-state index in [2.05, 4.69) is 0 Å². The van der Waals surface area contributed by atoms with E-state index >= 15 is 0 Å². The molecule has 1 aromatic rings. The van der Waals surface area contributed by atoms with E-state index in [1.54, 1.807) is 0 Å². The lowest BCUT2D eigenvalue weighted by molar-refractivity contribution is 0.296. The molecule has 0 saturated heterocycles. The molecule has 0 aromatic heterocycles. The van der Waals surface area contributed by atoms with Crippen LogP contribution in [-0.4, -0.2) is 11.7 Å². The van der Waals surface area contributed by atoms with Gasteiger partial charge in [0.25, 0.3) is 0 Å². The molecule has 0 aliphatic carbocycles. The van der Waals surface area contributed by atoms with Crippen molar-refractivity contribution >= 4 is 11.8 Å². The van der Waals surface area contributed by atoms with Gasteiger partial charge in [0, 0.05) is 0 Å². The molecule has 0 fully saturated rings. The SMILES string of the molecule is Cc1ccc(C(CO)SC#N)cc1. The molecule has 0 amide bonds. The van der Waals surface area contributed by atoms with Crippen LogP contribution in [-0.2, 0) is 0 Å². The summed E-state index contributed by atoms with van der Waals surface area (Å²) < 4.78 is 0. The summed E-state index contributed by atoms with van der Waals surface area (Å²) >= 11 is 1.09. The summed E-state index contributed by atoms with van der Waals surface area (Å²) in [5.74, 6) is 0. The number of thiocyanates is 1. The zero-order chi connectivity index (χ0) is 9.68. The third-order valence-corrected chi connectivity index (χ3v) is 2.62. The Bertz CT molecular complexity index is 302. The molecular weight excluding hydrogens is 182 g/mol. The van der Waals surface area contributed by atoms with Gasteiger partial charge in [-0.3, -0.25) is 0 Å². The third-order valence-electron chi connectivity index (χ3n) is 1.81. The van der Waals surface area contributed by atoms with Crippen molar-refractivity contribution < 1.29 is 5.11 Å². The molecule has 68 valence electrons. The van der Waals surface area contributed by atoms with Crippen LogP contribution >= 0.6 is 11.8 Å². The number of nitrogens with zero attached hydrogens (tertiary/aromatic N) is 1. The van der Waals surface area contributed by atoms with Gasteiger partial charge in [0.15, 0.2) is 0 Å². The molecule has 3 heteroatoms. The van der Waals surface area contributed by atoms with E-state index in [4.69, 9.17) is 10.4 Å². The van der Waals surface area contributed by atoms with Crippen molar-refractivity contribution in [3.8, 4) is 5.40 Å². The summed E-state index contributed by atoms with van der Waals surface area (Å²) in [5.41, 5.74) is 2.18. The molecule has 2 nitrogen and oxygen atoms in total. The van der Waals surface area contributed by atoms with Crippen LogP contribution in [0.4, 0.5) is 0 Å². The van der Waals surface area contributed by atoms with E-state index in [-0.39, 0.29) is 11.9 Å². The number of aliphatic hydroxyl groups excluding tert-OH is 1. The second-order valence-electron chi connectivity index (χ2n) is 2.79. The van der Waals surface area contributed by atoms with Gasteiger partial charge in [0.05, 0.1) is 11.9 Å². The van der Waals surface area contributed by atoms with Crippen LogP contribution in [0, 0.1) is 17.6 Å². The second-order valence-corrected chi connectivity index (χ2v) is 3.78. The number of aliphatic hydroxyl groups is 1. The van der Waals surface area contributed by atoms with Crippen LogP contribution < -0.4 is 0 Å². The molecule has 0 radical (unpaired) electrons. The van der Waals surface area contributed by atoms with Crippen molar-refractivity contribution in [2.45, 2.75) is 12.2 Å². The fourth-order valence-corrected chi connectivity index (χ4v) is 1.55. The van der Waals surface area contributed by atoms with E-state index < -0.39 is 0 Å². The van der Waals surface area contributed by atoms with Gasteiger partial charge in [-0.1, -0.05) is 29.8 Å². The quantitative estimate of drug-likeness (QED) is 0.749. The second kappa shape index (κ2) is 4.90. The van der Waals surface area contributed by atoms with E-state index in [1.807, 2.05) is 36.6 Å². The zero-order valence-electron chi connectivity index (χ0n) is 7.40. The van der Waals surface area contributed by atoms with E-state index in [0.717, 1.165) is 17.3 Å². The lowest BCUT2D eigenvalue weighted by Crippen LogP contribution is -1.98. The fourth-order valence-electron chi connectivity index (χ4n) is 1.06. The van der Waals surface area contributed by atoms with Gasteiger partial charge >= 0.3 is 0 Å². The maximum Gasteiger partial charge on any atom is 0.134 e. The number of nitriles is 1. The van der Waals surface area contributed by atoms with Gasteiger partial charge in [-0.15, -0.1) is 0 Å². The Morgan fingerprint density at radius 2 is 2.08 bits per heavy atom. The number of hydrogen-bond donors (Lipinski definition) is 1. The van der Waals surface area contributed by atoms with Gasteiger partial charge in [-0.2, -0.15) is 5.26 Å². The van der Waals surface area contributed by atoms with Crippen molar-refractivity contribution in [2.75, 3.05) is 6.61 Å². The smallest absolute Gasteiger partial charge is 0.134 e. The Morgan fingerprint density at radius 1 is 1.46 bits per heavy atom. The van der Waals surface area contributed by atoms with Crippen molar-refractivity contribution in [1.82, 2.24) is 0 Å². The number of hydrogen-bond acceptors (Lipinski definition) is 3. The van der Waals surface area contributed by atoms with E-state index in [9.17, 15) is 0 Å². The Hall–Kier alpha value is -0.980. The predicted molar refractivity (Wildman–Crippen MR) is 54.2 cm³/mol. The van der Waals surface area contributed by atoms with Gasteiger partial charge in [0.2, 0.25) is 0 Å². The Labute approximate surface area is 82.2 Å². The number of benzene rings is 1. The molecule has 0 heterocycles. The first-order chi connectivity index (χ1) is 6.27. The van der Waals surface area contributed by atoms with Crippen LogP contribution in [0.5, 0.6) is 0 Å². The van der Waals surface area contributed by atoms with Crippen molar-refractivity contribution in [1.29, 1.82) is 5.26 Å². The van der Waals surface area contributed by atoms with Crippen molar-refractivity contribution in [3.63, 3.8) is 0 Å². The molecule has 0 aliphatic rings. The summed E-state index contributed by atoms with van der Waals surface area (Å²) in [6, 6.07) is 7.85. The molecular formula is C10H11NOS. The molecule has 13 heavy (non-hydrogen) atoms. The van der Waals surface area contributed by atoms with Crippen LogP contribution in [0.1, 0.15) is 16.4 Å². The summed E-state index contributed by atoms with van der Waals surface area (Å²) in [7, 11) is 0. The minimum absolute atomic E-state index is 0.00128. The van der Waals surface area contributed by atoms with Gasteiger partial charge in [-0.05, 0) is 24.2 Å². The lowest BCUT2D eigenvalue weighted by atomic mass is 10.1. The summed E-state index contributed by atoms with van der Waals surface area (Å²) in [6.07, 6.45) is 0. The van der Waals surface area contributed by atoms with Gasteiger partial charge in [-0.25, -0.2) is 0 Å². The van der Waals surface area contributed by atoms with Crippen molar-refractivity contribution in [3.05, 3.63) is 35.4 Å². The zero-order valence-corrected chi connectivity index (χ0v) is 8.21. The average Bonchev–Trinajstić information content (AvgIpc) is 2.16. The van der Waals surface area contributed by atoms with Crippen LogP contribution in [0.15, 0.2) is 24.3 Å². The molecule has 1 N–H and O–H groups in total. The molecule has 1 atom stereocenters. The fraction of sp³-hybridized carbons (Fsp3) is 0.300. The minimum atomic E-state index is -0.120. The highest BCUT2D eigenvalue weighted by atomic mass is 32.2. The largest absolute Gasteiger partial charge is 0.395 e. The summed E-state index contributed by atoms with van der Waals surface area (Å²) in [4.78, 5) is 0. The lowest BCUT2D eigenvalue weighted by Gasteiger charge is -2.09. The highest BCUT2D eigenvalue weighted by Crippen LogP contribution is 2.27. The normalized spacial score (nSPS) is 12.1. The minimum Gasteiger partial charge on any atom is -0.395 e. The highest BCUT2D eigenvalue weighted by molar-refractivity contribution is 8.03. The average molecular weight is 193 g/mol.